The maximum atomic E-state index is 12.6. The molecule has 6 heteroatoms. The fraction of sp³-hybridized carbons (Fsp3) is 0.882. The minimum absolute atomic E-state index is 0. The number of hydrogen-bond acceptors (Lipinski definition) is 2. The summed E-state index contributed by atoms with van der Waals surface area (Å²) in [5.41, 5.74) is -0.234. The van der Waals surface area contributed by atoms with Gasteiger partial charge in [0.2, 0.25) is 5.91 Å². The van der Waals surface area contributed by atoms with E-state index in [1.807, 2.05) is 21.1 Å². The monoisotopic (exact) mass is 436 g/mol. The van der Waals surface area contributed by atoms with E-state index in [0.717, 1.165) is 50.7 Å². The number of piperidine rings is 1. The minimum Gasteiger partial charge on any atom is -0.355 e. The Hall–Kier alpha value is -0.530. The molecular weight excluding hydrogens is 403 g/mol. The van der Waals surface area contributed by atoms with Gasteiger partial charge in [-0.1, -0.05) is 19.8 Å². The standard InChI is InChI=1S/C17H32N4O.HI/c1-14-7-11-21(12-8-14)16(18-2)19-13-17(9-5-6-10-17)15(22)20(3)4;/h14H,5-13H2,1-4H3,(H,18,19);1H. The van der Waals surface area contributed by atoms with Gasteiger partial charge in [0.1, 0.15) is 0 Å². The minimum atomic E-state index is -0.234. The van der Waals surface area contributed by atoms with Gasteiger partial charge in [-0.2, -0.15) is 0 Å². The third-order valence-corrected chi connectivity index (χ3v) is 5.30. The lowest BCUT2D eigenvalue weighted by atomic mass is 9.84. The molecule has 1 heterocycles. The topological polar surface area (TPSA) is 47.9 Å². The molecule has 0 spiro atoms. The maximum absolute atomic E-state index is 12.6. The lowest BCUT2D eigenvalue weighted by molar-refractivity contribution is -0.138. The quantitative estimate of drug-likeness (QED) is 0.420. The van der Waals surface area contributed by atoms with Crippen LogP contribution in [0.1, 0.15) is 45.4 Å². The molecule has 0 bridgehead atoms. The van der Waals surface area contributed by atoms with Crippen LogP contribution in [0.5, 0.6) is 0 Å². The van der Waals surface area contributed by atoms with Crippen molar-refractivity contribution in [1.29, 1.82) is 0 Å². The van der Waals surface area contributed by atoms with Crippen LogP contribution in [0.15, 0.2) is 4.99 Å². The summed E-state index contributed by atoms with van der Waals surface area (Å²) in [6.07, 6.45) is 6.74. The molecule has 1 saturated carbocycles. The highest BCUT2D eigenvalue weighted by molar-refractivity contribution is 14.0. The van der Waals surface area contributed by atoms with E-state index in [0.29, 0.717) is 6.54 Å². The van der Waals surface area contributed by atoms with Gasteiger partial charge in [0.05, 0.1) is 5.41 Å². The van der Waals surface area contributed by atoms with Gasteiger partial charge in [-0.15, -0.1) is 24.0 Å². The van der Waals surface area contributed by atoms with Crippen LogP contribution in [0.25, 0.3) is 0 Å². The van der Waals surface area contributed by atoms with E-state index in [1.165, 1.54) is 12.8 Å². The van der Waals surface area contributed by atoms with Crippen LogP contribution in [-0.2, 0) is 4.79 Å². The second-order valence-corrected chi connectivity index (χ2v) is 7.26. The summed E-state index contributed by atoms with van der Waals surface area (Å²) in [7, 11) is 5.57. The second kappa shape index (κ2) is 9.08. The van der Waals surface area contributed by atoms with Crippen molar-refractivity contribution in [1.82, 2.24) is 15.1 Å². The third-order valence-electron chi connectivity index (χ3n) is 5.30. The van der Waals surface area contributed by atoms with E-state index in [2.05, 4.69) is 22.1 Å². The normalized spacial score (nSPS) is 21.7. The summed E-state index contributed by atoms with van der Waals surface area (Å²) < 4.78 is 0. The predicted molar refractivity (Wildman–Crippen MR) is 106 cm³/mol. The molecule has 23 heavy (non-hydrogen) atoms. The van der Waals surface area contributed by atoms with E-state index in [1.54, 1.807) is 4.90 Å². The number of halogens is 1. The van der Waals surface area contributed by atoms with Gasteiger partial charge in [0.25, 0.3) is 0 Å². The third kappa shape index (κ3) is 4.97. The zero-order chi connectivity index (χ0) is 16.2. The van der Waals surface area contributed by atoms with Crippen molar-refractivity contribution in [3.05, 3.63) is 0 Å². The summed E-state index contributed by atoms with van der Waals surface area (Å²) in [6, 6.07) is 0. The molecule has 0 aromatic carbocycles. The van der Waals surface area contributed by atoms with Crippen molar-refractivity contribution >= 4 is 35.8 Å². The number of guanidine groups is 1. The molecule has 5 nitrogen and oxygen atoms in total. The average molecular weight is 436 g/mol. The Labute approximate surface area is 158 Å². The molecule has 2 fully saturated rings. The Morgan fingerprint density at radius 1 is 1.26 bits per heavy atom. The van der Waals surface area contributed by atoms with Crippen molar-refractivity contribution in [3.8, 4) is 0 Å². The first-order valence-electron chi connectivity index (χ1n) is 8.66. The number of aliphatic imine (C=N–C) groups is 1. The Bertz CT molecular complexity index is 411. The van der Waals surface area contributed by atoms with Crippen molar-refractivity contribution < 1.29 is 4.79 Å². The molecule has 134 valence electrons. The molecule has 2 aliphatic rings. The van der Waals surface area contributed by atoms with E-state index in [9.17, 15) is 4.79 Å². The van der Waals surface area contributed by atoms with Crippen LogP contribution in [0.2, 0.25) is 0 Å². The van der Waals surface area contributed by atoms with E-state index in [4.69, 9.17) is 0 Å². The van der Waals surface area contributed by atoms with Gasteiger partial charge in [0, 0.05) is 40.8 Å². The van der Waals surface area contributed by atoms with Gasteiger partial charge in [0.15, 0.2) is 5.96 Å². The van der Waals surface area contributed by atoms with Crippen LogP contribution in [0.4, 0.5) is 0 Å². The van der Waals surface area contributed by atoms with Crippen molar-refractivity contribution in [3.63, 3.8) is 0 Å². The van der Waals surface area contributed by atoms with Gasteiger partial charge in [-0.25, -0.2) is 0 Å². The first-order valence-corrected chi connectivity index (χ1v) is 8.66. The number of nitrogens with one attached hydrogen (secondary N) is 1. The predicted octanol–water partition coefficient (Wildman–Crippen LogP) is 2.56. The fourth-order valence-corrected chi connectivity index (χ4v) is 3.79. The van der Waals surface area contributed by atoms with Crippen LogP contribution < -0.4 is 5.32 Å². The molecule has 0 aromatic heterocycles. The summed E-state index contributed by atoms with van der Waals surface area (Å²) >= 11 is 0. The maximum Gasteiger partial charge on any atom is 0.230 e. The Balaban J connectivity index is 0.00000264. The molecular formula is C17H33IN4O. The van der Waals surface area contributed by atoms with Gasteiger partial charge in [-0.05, 0) is 31.6 Å². The van der Waals surface area contributed by atoms with Crippen LogP contribution in [0.3, 0.4) is 0 Å². The van der Waals surface area contributed by atoms with Gasteiger partial charge < -0.3 is 15.1 Å². The molecule has 2 rings (SSSR count). The van der Waals surface area contributed by atoms with Crippen LogP contribution in [-0.4, -0.2) is 62.4 Å². The number of likely N-dealkylation sites (tertiary alicyclic amines) is 1. The van der Waals surface area contributed by atoms with E-state index < -0.39 is 0 Å². The summed E-state index contributed by atoms with van der Waals surface area (Å²) in [5.74, 6) is 2.04. The number of rotatable bonds is 3. The molecule has 0 atom stereocenters. The molecule has 0 unspecified atom stereocenters. The summed E-state index contributed by atoms with van der Waals surface area (Å²) in [5, 5.41) is 3.50. The molecule has 1 saturated heterocycles. The first kappa shape index (κ1) is 20.5. The van der Waals surface area contributed by atoms with Gasteiger partial charge in [-0.3, -0.25) is 9.79 Å². The lowest BCUT2D eigenvalue weighted by Crippen LogP contribution is -2.51. The van der Waals surface area contributed by atoms with Gasteiger partial charge >= 0.3 is 0 Å². The lowest BCUT2D eigenvalue weighted by Gasteiger charge is -2.36. The largest absolute Gasteiger partial charge is 0.355 e. The Kier molecular flexibility index (Phi) is 8.10. The van der Waals surface area contributed by atoms with Crippen molar-refractivity contribution in [2.24, 2.45) is 16.3 Å². The number of carbonyl (C=O) groups excluding carboxylic acids is 1. The zero-order valence-corrected chi connectivity index (χ0v) is 17.4. The fourth-order valence-electron chi connectivity index (χ4n) is 3.79. The van der Waals surface area contributed by atoms with Crippen LogP contribution >= 0.6 is 24.0 Å². The number of amides is 1. The summed E-state index contributed by atoms with van der Waals surface area (Å²) in [4.78, 5) is 21.1. The number of hydrogen-bond donors (Lipinski definition) is 1. The Morgan fingerprint density at radius 2 is 1.83 bits per heavy atom. The molecule has 1 amide bonds. The van der Waals surface area contributed by atoms with Crippen LogP contribution in [0, 0.1) is 11.3 Å². The first-order chi connectivity index (χ1) is 10.5. The Morgan fingerprint density at radius 3 is 2.30 bits per heavy atom. The molecule has 1 N–H and O–H groups in total. The molecule has 1 aliphatic carbocycles. The smallest absolute Gasteiger partial charge is 0.230 e. The second-order valence-electron chi connectivity index (χ2n) is 7.26. The highest BCUT2D eigenvalue weighted by Crippen LogP contribution is 2.39. The van der Waals surface area contributed by atoms with Crippen molar-refractivity contribution in [2.75, 3.05) is 40.8 Å². The SMILES string of the molecule is CN=C(NCC1(C(=O)N(C)C)CCCC1)N1CCC(C)CC1.I. The highest BCUT2D eigenvalue weighted by atomic mass is 127. The average Bonchev–Trinajstić information content (AvgIpc) is 2.98. The summed E-state index contributed by atoms with van der Waals surface area (Å²) in [6.45, 7) is 5.16. The number of nitrogens with zero attached hydrogens (tertiary/aromatic N) is 3. The number of carbonyl (C=O) groups is 1. The molecule has 0 aromatic rings. The molecule has 0 radical (unpaired) electrons. The highest BCUT2D eigenvalue weighted by Gasteiger charge is 2.42. The van der Waals surface area contributed by atoms with E-state index >= 15 is 0 Å². The zero-order valence-electron chi connectivity index (χ0n) is 15.1. The van der Waals surface area contributed by atoms with E-state index in [-0.39, 0.29) is 35.3 Å². The van der Waals surface area contributed by atoms with Crippen molar-refractivity contribution in [2.45, 2.75) is 45.4 Å². The molecule has 1 aliphatic heterocycles.